The molecule has 138 valence electrons. The van der Waals surface area contributed by atoms with Crippen molar-refractivity contribution in [3.05, 3.63) is 53.7 Å². The van der Waals surface area contributed by atoms with Crippen molar-refractivity contribution in [1.82, 2.24) is 9.88 Å². The van der Waals surface area contributed by atoms with Gasteiger partial charge in [0.05, 0.1) is 10.5 Å². The lowest BCUT2D eigenvalue weighted by atomic mass is 10.1. The van der Waals surface area contributed by atoms with Crippen molar-refractivity contribution in [2.24, 2.45) is 5.14 Å². The Kier molecular flexibility index (Phi) is 5.53. The molecule has 1 amide bonds. The molecule has 0 unspecified atom stereocenters. The zero-order valence-electron chi connectivity index (χ0n) is 14.4. The number of primary sulfonamides is 1. The number of carbonyl (C=O) groups is 1. The van der Waals surface area contributed by atoms with Crippen LogP contribution in [-0.4, -0.2) is 43.8 Å². The number of sulfonamides is 1. The molecule has 7 nitrogen and oxygen atoms in total. The second kappa shape index (κ2) is 7.84. The number of rotatable bonds is 6. The first-order valence-electron chi connectivity index (χ1n) is 8.54. The minimum atomic E-state index is -3.66. The van der Waals surface area contributed by atoms with Gasteiger partial charge < -0.3 is 10.2 Å². The third kappa shape index (κ3) is 4.59. The predicted molar refractivity (Wildman–Crippen MR) is 99.4 cm³/mol. The normalized spacial score (nSPS) is 14.4. The third-order valence-electron chi connectivity index (χ3n) is 4.38. The molecule has 8 heteroatoms. The maximum absolute atomic E-state index is 12.3. The second-order valence-corrected chi connectivity index (χ2v) is 7.86. The molecule has 0 atom stereocenters. The van der Waals surface area contributed by atoms with Crippen LogP contribution in [-0.2, 0) is 16.4 Å². The van der Waals surface area contributed by atoms with E-state index in [1.165, 1.54) is 12.1 Å². The number of hydrogen-bond donors (Lipinski definition) is 2. The van der Waals surface area contributed by atoms with Crippen LogP contribution in [0.5, 0.6) is 0 Å². The Morgan fingerprint density at radius 1 is 1.12 bits per heavy atom. The van der Waals surface area contributed by atoms with Gasteiger partial charge in [-0.05, 0) is 49.1 Å². The van der Waals surface area contributed by atoms with Crippen molar-refractivity contribution in [1.29, 1.82) is 0 Å². The predicted octanol–water partition coefficient (Wildman–Crippen LogP) is 1.62. The maximum Gasteiger partial charge on any atom is 0.255 e. The number of nitrogens with zero attached hydrogens (tertiary/aromatic N) is 2. The van der Waals surface area contributed by atoms with Gasteiger partial charge in [-0.2, -0.15) is 0 Å². The Balaban J connectivity index is 1.51. The van der Waals surface area contributed by atoms with Crippen molar-refractivity contribution < 1.29 is 13.2 Å². The highest BCUT2D eigenvalue weighted by molar-refractivity contribution is 7.89. The molecule has 1 aliphatic heterocycles. The van der Waals surface area contributed by atoms with Crippen LogP contribution in [0.2, 0.25) is 0 Å². The van der Waals surface area contributed by atoms with E-state index in [4.69, 9.17) is 5.14 Å². The van der Waals surface area contributed by atoms with Crippen molar-refractivity contribution in [2.75, 3.05) is 25.0 Å². The molecule has 0 saturated carbocycles. The Bertz CT molecular complexity index is 858. The van der Waals surface area contributed by atoms with Crippen LogP contribution in [0.25, 0.3) is 0 Å². The number of hydrogen-bond acceptors (Lipinski definition) is 5. The lowest BCUT2D eigenvalue weighted by molar-refractivity contribution is 0.0792. The summed E-state index contributed by atoms with van der Waals surface area (Å²) in [4.78, 5) is 18.5. The summed E-state index contributed by atoms with van der Waals surface area (Å²) in [5.41, 5.74) is 1.60. The summed E-state index contributed by atoms with van der Waals surface area (Å²) in [5, 5.41) is 8.28. The quantitative estimate of drug-likeness (QED) is 0.799. The van der Waals surface area contributed by atoms with Gasteiger partial charge >= 0.3 is 0 Å². The first-order chi connectivity index (χ1) is 12.4. The van der Waals surface area contributed by atoms with E-state index >= 15 is 0 Å². The number of carbonyl (C=O) groups excluding carboxylic acids is 1. The lowest BCUT2D eigenvalue weighted by Gasteiger charge is -2.15. The van der Waals surface area contributed by atoms with Gasteiger partial charge in [0.25, 0.3) is 5.91 Å². The highest BCUT2D eigenvalue weighted by atomic mass is 32.2. The largest absolute Gasteiger partial charge is 0.370 e. The van der Waals surface area contributed by atoms with Crippen LogP contribution in [0.4, 0.5) is 5.82 Å². The Morgan fingerprint density at radius 3 is 2.38 bits per heavy atom. The van der Waals surface area contributed by atoms with Crippen LogP contribution in [0.1, 0.15) is 28.8 Å². The van der Waals surface area contributed by atoms with E-state index in [0.29, 0.717) is 24.3 Å². The molecule has 2 aromatic rings. The summed E-state index contributed by atoms with van der Waals surface area (Å²) in [7, 11) is -3.66. The molecule has 26 heavy (non-hydrogen) atoms. The van der Waals surface area contributed by atoms with E-state index in [2.05, 4.69) is 10.3 Å². The van der Waals surface area contributed by atoms with E-state index in [0.717, 1.165) is 31.5 Å². The van der Waals surface area contributed by atoms with Crippen molar-refractivity contribution in [2.45, 2.75) is 24.2 Å². The topological polar surface area (TPSA) is 105 Å². The fraction of sp³-hybridized carbons (Fsp3) is 0.333. The lowest BCUT2D eigenvalue weighted by Crippen LogP contribution is -2.27. The summed E-state index contributed by atoms with van der Waals surface area (Å²) in [6, 6.07) is 10.1. The number of benzene rings is 1. The summed E-state index contributed by atoms with van der Waals surface area (Å²) in [6.07, 6.45) is 4.44. The van der Waals surface area contributed by atoms with Gasteiger partial charge in [0, 0.05) is 25.8 Å². The minimum absolute atomic E-state index is 0.0384. The average Bonchev–Trinajstić information content (AvgIpc) is 3.16. The van der Waals surface area contributed by atoms with Gasteiger partial charge in [-0.1, -0.05) is 12.1 Å². The number of likely N-dealkylation sites (tertiary alicyclic amines) is 1. The Labute approximate surface area is 153 Å². The van der Waals surface area contributed by atoms with E-state index in [1.54, 1.807) is 30.5 Å². The molecule has 0 bridgehead atoms. The van der Waals surface area contributed by atoms with Crippen molar-refractivity contribution in [3.63, 3.8) is 0 Å². The van der Waals surface area contributed by atoms with E-state index in [-0.39, 0.29) is 10.8 Å². The number of nitrogens with one attached hydrogen (secondary N) is 1. The van der Waals surface area contributed by atoms with Crippen LogP contribution in [0, 0.1) is 0 Å². The molecular formula is C18H22N4O3S. The Hall–Kier alpha value is -2.45. The van der Waals surface area contributed by atoms with Crippen LogP contribution < -0.4 is 10.5 Å². The maximum atomic E-state index is 12.3. The van der Waals surface area contributed by atoms with Gasteiger partial charge in [-0.25, -0.2) is 18.5 Å². The van der Waals surface area contributed by atoms with Crippen LogP contribution >= 0.6 is 0 Å². The van der Waals surface area contributed by atoms with Gasteiger partial charge in [-0.15, -0.1) is 0 Å². The molecular weight excluding hydrogens is 352 g/mol. The van der Waals surface area contributed by atoms with Gasteiger partial charge in [-0.3, -0.25) is 4.79 Å². The molecule has 1 saturated heterocycles. The molecule has 0 spiro atoms. The molecule has 2 heterocycles. The average molecular weight is 374 g/mol. The molecule has 1 aliphatic rings. The van der Waals surface area contributed by atoms with Crippen molar-refractivity contribution in [3.8, 4) is 0 Å². The molecule has 1 fully saturated rings. The van der Waals surface area contributed by atoms with E-state index in [1.807, 2.05) is 4.90 Å². The smallest absolute Gasteiger partial charge is 0.255 e. The molecule has 3 rings (SSSR count). The third-order valence-corrected chi connectivity index (χ3v) is 5.30. The van der Waals surface area contributed by atoms with Gasteiger partial charge in [0.1, 0.15) is 5.82 Å². The highest BCUT2D eigenvalue weighted by Crippen LogP contribution is 2.14. The van der Waals surface area contributed by atoms with Gasteiger partial charge in [0.15, 0.2) is 0 Å². The number of anilines is 1. The standard InChI is InChI=1S/C18H22N4O3S/c19-26(24,25)16-6-3-14(4-7-16)9-10-20-17-8-5-15(13-21-17)18(23)22-11-1-2-12-22/h3-8,13H,1-2,9-12H2,(H,20,21)(H2,19,24,25). The molecule has 1 aromatic carbocycles. The SMILES string of the molecule is NS(=O)(=O)c1ccc(CCNc2ccc(C(=O)N3CCCC3)cn2)cc1. The number of nitrogens with two attached hydrogens (primary N) is 1. The second-order valence-electron chi connectivity index (χ2n) is 6.30. The van der Waals surface area contributed by atoms with Crippen LogP contribution in [0.15, 0.2) is 47.5 Å². The zero-order valence-corrected chi connectivity index (χ0v) is 15.2. The first-order valence-corrected chi connectivity index (χ1v) is 10.1. The minimum Gasteiger partial charge on any atom is -0.370 e. The van der Waals surface area contributed by atoms with Crippen LogP contribution in [0.3, 0.4) is 0 Å². The summed E-state index contributed by atoms with van der Waals surface area (Å²) in [5.74, 6) is 0.737. The first kappa shape index (κ1) is 18.3. The monoisotopic (exact) mass is 374 g/mol. The number of aromatic nitrogens is 1. The molecule has 1 aromatic heterocycles. The van der Waals surface area contributed by atoms with Crippen molar-refractivity contribution >= 4 is 21.7 Å². The molecule has 3 N–H and O–H groups in total. The van der Waals surface area contributed by atoms with E-state index in [9.17, 15) is 13.2 Å². The fourth-order valence-electron chi connectivity index (χ4n) is 2.91. The molecule has 0 aliphatic carbocycles. The fourth-order valence-corrected chi connectivity index (χ4v) is 3.42. The number of amides is 1. The highest BCUT2D eigenvalue weighted by Gasteiger charge is 2.19. The summed E-state index contributed by atoms with van der Waals surface area (Å²) >= 11 is 0. The Morgan fingerprint density at radius 2 is 1.81 bits per heavy atom. The summed E-state index contributed by atoms with van der Waals surface area (Å²) in [6.45, 7) is 2.29. The zero-order chi connectivity index (χ0) is 18.6. The summed E-state index contributed by atoms with van der Waals surface area (Å²) < 4.78 is 22.5. The van der Waals surface area contributed by atoms with E-state index < -0.39 is 10.0 Å². The molecule has 0 radical (unpaired) electrons. The number of pyridine rings is 1. The van der Waals surface area contributed by atoms with Gasteiger partial charge in [0.2, 0.25) is 10.0 Å².